The molecule has 3 heterocycles. The molecule has 6 N–H and O–H groups in total. The number of phosphoric ester groups is 1. The fourth-order valence-corrected chi connectivity index (χ4v) is 2.66. The molecular weight excluding hydrogens is 356 g/mol. The minimum absolute atomic E-state index is 0. The molecule has 1 aliphatic rings. The maximum absolute atomic E-state index is 10.7. The number of nitrogen functional groups attached to an aromatic ring is 1. The Hall–Kier alpha value is -0.660. The molecule has 0 aromatic carbocycles. The molecule has 3 rings (SSSR count). The van der Waals surface area contributed by atoms with Crippen molar-refractivity contribution in [2.24, 2.45) is 0 Å². The van der Waals surface area contributed by atoms with Gasteiger partial charge in [-0.3, -0.25) is 9.09 Å². The van der Waals surface area contributed by atoms with Crippen LogP contribution in [0.4, 0.5) is 5.82 Å². The zero-order valence-corrected chi connectivity index (χ0v) is 15.4. The molecule has 0 amide bonds. The van der Waals surface area contributed by atoms with E-state index in [4.69, 9.17) is 20.3 Å². The van der Waals surface area contributed by atoms with Crippen LogP contribution >= 0.6 is 7.82 Å². The fourth-order valence-electron chi connectivity index (χ4n) is 2.32. The predicted octanol–water partition coefficient (Wildman–Crippen LogP) is -4.75. The van der Waals surface area contributed by atoms with Crippen molar-refractivity contribution in [3.05, 3.63) is 12.7 Å². The van der Waals surface area contributed by atoms with Gasteiger partial charge in [-0.2, -0.15) is 0 Å². The van der Waals surface area contributed by atoms with Crippen molar-refractivity contribution < 1.29 is 64.8 Å². The van der Waals surface area contributed by atoms with E-state index in [1.165, 1.54) is 17.2 Å². The first kappa shape index (κ1) is 19.7. The molecule has 0 bridgehead atoms. The van der Waals surface area contributed by atoms with E-state index in [2.05, 4.69) is 19.5 Å². The van der Waals surface area contributed by atoms with Crippen molar-refractivity contribution in [3.8, 4) is 0 Å². The molecule has 2 unspecified atom stereocenters. The summed E-state index contributed by atoms with van der Waals surface area (Å²) in [5, 5.41) is 20.1. The molecular formula is C10H15N5NaO7P. The molecule has 12 nitrogen and oxygen atoms in total. The van der Waals surface area contributed by atoms with Gasteiger partial charge in [-0.25, -0.2) is 19.5 Å². The molecule has 2 aromatic heterocycles. The smallest absolute Gasteiger partial charge is 1.00 e. The summed E-state index contributed by atoms with van der Waals surface area (Å²) in [4.78, 5) is 29.2. The van der Waals surface area contributed by atoms with Crippen molar-refractivity contribution >= 4 is 24.8 Å². The van der Waals surface area contributed by atoms with Crippen LogP contribution in [-0.4, -0.2) is 64.4 Å². The molecule has 4 atom stereocenters. The Morgan fingerprint density at radius 2 is 2.04 bits per heavy atom. The number of hydrogen-bond donors (Lipinski definition) is 5. The number of phosphoric acid groups is 1. The third-order valence-electron chi connectivity index (χ3n) is 3.41. The summed E-state index contributed by atoms with van der Waals surface area (Å²) in [6, 6.07) is 0. The third kappa shape index (κ3) is 3.78. The summed E-state index contributed by atoms with van der Waals surface area (Å²) in [6.07, 6.45) is -2.49. The van der Waals surface area contributed by atoms with Gasteiger partial charge in [-0.1, -0.05) is 0 Å². The van der Waals surface area contributed by atoms with Crippen LogP contribution in [0.1, 0.15) is 7.65 Å². The Morgan fingerprint density at radius 1 is 1.33 bits per heavy atom. The van der Waals surface area contributed by atoms with Crippen LogP contribution < -0.4 is 35.3 Å². The minimum atomic E-state index is -4.72. The zero-order chi connectivity index (χ0) is 16.8. The Balaban J connectivity index is 0.00000156. The van der Waals surface area contributed by atoms with Gasteiger partial charge in [0.15, 0.2) is 17.7 Å². The second-order valence-corrected chi connectivity index (χ2v) is 6.15. The van der Waals surface area contributed by atoms with Gasteiger partial charge in [0.25, 0.3) is 0 Å². The van der Waals surface area contributed by atoms with Crippen LogP contribution in [0.2, 0.25) is 0 Å². The number of aromatic nitrogens is 4. The van der Waals surface area contributed by atoms with Crippen LogP contribution in [-0.2, 0) is 13.8 Å². The molecule has 1 aliphatic heterocycles. The van der Waals surface area contributed by atoms with E-state index in [9.17, 15) is 14.8 Å². The van der Waals surface area contributed by atoms with Crippen LogP contribution in [0.15, 0.2) is 12.7 Å². The van der Waals surface area contributed by atoms with E-state index >= 15 is 0 Å². The first-order valence-corrected chi connectivity index (χ1v) is 7.95. The average Bonchev–Trinajstić information content (AvgIpc) is 3.01. The third-order valence-corrected chi connectivity index (χ3v) is 3.89. The van der Waals surface area contributed by atoms with Gasteiger partial charge >= 0.3 is 37.4 Å². The van der Waals surface area contributed by atoms with E-state index in [-0.39, 0.29) is 42.4 Å². The summed E-state index contributed by atoms with van der Waals surface area (Å²) in [6.45, 7) is -0.594. The van der Waals surface area contributed by atoms with Gasteiger partial charge in [0.2, 0.25) is 0 Å². The topological polar surface area (TPSA) is 186 Å². The zero-order valence-electron chi connectivity index (χ0n) is 13.5. The Kier molecular flexibility index (Phi) is 5.98. The average molecular weight is 371 g/mol. The van der Waals surface area contributed by atoms with Gasteiger partial charge < -0.3 is 31.9 Å². The standard InChI is InChI=1S/C10H14N5O7P.Na.H/c11-8-5-9(13-2-12-8)15(3-14-5)10-7(17)6(16)4(22-10)1-21-23(18,19)20;;/h2-4,6-7,10,16-17H,1H2,(H2,11,12,13)(H2,18,19,20);;/q;+1;-1/t4-,6?,7?,10-;;/m1../s1. The van der Waals surface area contributed by atoms with Crippen LogP contribution in [0.25, 0.3) is 11.2 Å². The van der Waals surface area contributed by atoms with E-state index in [0.29, 0.717) is 5.52 Å². The van der Waals surface area contributed by atoms with Crippen LogP contribution in [0.3, 0.4) is 0 Å². The van der Waals surface area contributed by atoms with Crippen molar-refractivity contribution in [2.75, 3.05) is 12.3 Å². The number of imidazole rings is 1. The van der Waals surface area contributed by atoms with Crippen molar-refractivity contribution in [1.82, 2.24) is 19.5 Å². The van der Waals surface area contributed by atoms with Gasteiger partial charge in [0.05, 0.1) is 12.9 Å². The summed E-state index contributed by atoms with van der Waals surface area (Å²) in [5.74, 6) is 0.142. The van der Waals surface area contributed by atoms with E-state index < -0.39 is 39.0 Å². The largest absolute Gasteiger partial charge is 1.00 e. The molecule has 0 aliphatic carbocycles. The quantitative estimate of drug-likeness (QED) is 0.257. The molecule has 0 radical (unpaired) electrons. The van der Waals surface area contributed by atoms with E-state index in [1.807, 2.05) is 0 Å². The number of hydrogen-bond acceptors (Lipinski definition) is 9. The van der Waals surface area contributed by atoms with Gasteiger partial charge in [0, 0.05) is 0 Å². The SMILES string of the molecule is Nc1ncnc2c1ncn2[C@@H]1O[C@H](COP(=O)(O)O)C(O)C1O.[H-].[Na+]. The second-order valence-electron chi connectivity index (χ2n) is 4.92. The van der Waals surface area contributed by atoms with Gasteiger partial charge in [-0.05, 0) is 0 Å². The minimum Gasteiger partial charge on any atom is -1.00 e. The molecule has 1 saturated heterocycles. The van der Waals surface area contributed by atoms with Crippen molar-refractivity contribution in [3.63, 3.8) is 0 Å². The number of aliphatic hydroxyl groups excluding tert-OH is 2. The summed E-state index contributed by atoms with van der Waals surface area (Å²) >= 11 is 0. The molecule has 0 spiro atoms. The molecule has 0 saturated carbocycles. The summed E-state index contributed by atoms with van der Waals surface area (Å²) < 4.78 is 21.8. The number of rotatable bonds is 4. The molecule has 1 fully saturated rings. The van der Waals surface area contributed by atoms with E-state index in [0.717, 1.165) is 0 Å². The number of fused-ring (bicyclic) bond motifs is 1. The molecule has 14 heteroatoms. The van der Waals surface area contributed by atoms with Crippen molar-refractivity contribution in [1.29, 1.82) is 0 Å². The number of ether oxygens (including phenoxy) is 1. The maximum Gasteiger partial charge on any atom is 1.00 e. The Morgan fingerprint density at radius 3 is 2.71 bits per heavy atom. The maximum atomic E-state index is 10.7. The summed E-state index contributed by atoms with van der Waals surface area (Å²) in [5.41, 5.74) is 6.25. The number of nitrogens with zero attached hydrogens (tertiary/aromatic N) is 4. The monoisotopic (exact) mass is 371 g/mol. The molecule has 24 heavy (non-hydrogen) atoms. The number of anilines is 1. The first-order valence-electron chi connectivity index (χ1n) is 6.42. The molecule has 2 aromatic rings. The fraction of sp³-hybridized carbons (Fsp3) is 0.500. The van der Waals surface area contributed by atoms with Crippen molar-refractivity contribution in [2.45, 2.75) is 24.5 Å². The normalized spacial score (nSPS) is 27.3. The van der Waals surface area contributed by atoms with Crippen LogP contribution in [0.5, 0.6) is 0 Å². The predicted molar refractivity (Wildman–Crippen MR) is 74.8 cm³/mol. The summed E-state index contributed by atoms with van der Waals surface area (Å²) in [7, 11) is -4.72. The number of nitrogens with two attached hydrogens (primary N) is 1. The van der Waals surface area contributed by atoms with Gasteiger partial charge in [-0.15, -0.1) is 0 Å². The Bertz CT molecular complexity index is 775. The second kappa shape index (κ2) is 7.30. The van der Waals surface area contributed by atoms with Gasteiger partial charge in [0.1, 0.15) is 30.2 Å². The Labute approximate surface area is 158 Å². The van der Waals surface area contributed by atoms with Crippen LogP contribution in [0, 0.1) is 0 Å². The first-order chi connectivity index (χ1) is 10.8. The number of aliphatic hydroxyl groups is 2. The van der Waals surface area contributed by atoms with E-state index in [1.54, 1.807) is 0 Å². The molecule has 128 valence electrons.